The van der Waals surface area contributed by atoms with Gasteiger partial charge in [0.05, 0.1) is 6.54 Å². The van der Waals surface area contributed by atoms with Gasteiger partial charge in [-0.2, -0.15) is 0 Å². The Labute approximate surface area is 146 Å². The third-order valence-electron chi connectivity index (χ3n) is 4.22. The van der Waals surface area contributed by atoms with Crippen LogP contribution in [0.4, 0.5) is 4.79 Å². The minimum absolute atomic E-state index is 0.169. The Morgan fingerprint density at radius 2 is 1.92 bits per heavy atom. The van der Waals surface area contributed by atoms with Crippen molar-refractivity contribution < 1.29 is 19.2 Å². The van der Waals surface area contributed by atoms with Gasteiger partial charge in [0.25, 0.3) is 0 Å². The average Bonchev–Trinajstić information content (AvgIpc) is 2.61. The van der Waals surface area contributed by atoms with Gasteiger partial charge in [-0.15, -0.1) is 0 Å². The van der Waals surface area contributed by atoms with Crippen molar-refractivity contribution in [2.24, 2.45) is 5.41 Å². The lowest BCUT2D eigenvalue weighted by Crippen LogP contribution is -2.63. The number of barbiturate groups is 1. The van der Waals surface area contributed by atoms with E-state index in [1.165, 1.54) is 26.4 Å². The quantitative estimate of drug-likeness (QED) is 0.464. The van der Waals surface area contributed by atoms with Crippen LogP contribution in [0.25, 0.3) is 0 Å². The SMILES string of the molecule is CC(C)=CCC1(C)C(=O)N(C)C(=O)N(CC(=O)c2cccnc2)C1=O. The van der Waals surface area contributed by atoms with E-state index in [2.05, 4.69) is 4.98 Å². The molecule has 1 fully saturated rings. The molecule has 2 heterocycles. The van der Waals surface area contributed by atoms with Crippen LogP contribution in [0, 0.1) is 5.41 Å². The van der Waals surface area contributed by atoms with Gasteiger partial charge >= 0.3 is 6.03 Å². The number of carbonyl (C=O) groups is 4. The number of amides is 4. The van der Waals surface area contributed by atoms with Crippen LogP contribution in [0.15, 0.2) is 36.2 Å². The van der Waals surface area contributed by atoms with Crippen LogP contribution in [-0.4, -0.2) is 52.0 Å². The number of carbonyl (C=O) groups excluding carboxylic acids is 4. The van der Waals surface area contributed by atoms with Crippen molar-refractivity contribution in [2.75, 3.05) is 13.6 Å². The largest absolute Gasteiger partial charge is 0.333 e. The Bertz CT molecular complexity index is 753. The minimum Gasteiger partial charge on any atom is -0.292 e. The van der Waals surface area contributed by atoms with E-state index >= 15 is 0 Å². The smallest absolute Gasteiger partial charge is 0.292 e. The lowest BCUT2D eigenvalue weighted by molar-refractivity contribution is -0.156. The molecule has 25 heavy (non-hydrogen) atoms. The molecule has 2 rings (SSSR count). The van der Waals surface area contributed by atoms with Crippen molar-refractivity contribution in [3.05, 3.63) is 41.7 Å². The minimum atomic E-state index is -1.41. The summed E-state index contributed by atoms with van der Waals surface area (Å²) in [5.74, 6) is -1.64. The van der Waals surface area contributed by atoms with Crippen LogP contribution in [0.2, 0.25) is 0 Å². The fourth-order valence-electron chi connectivity index (χ4n) is 2.60. The summed E-state index contributed by atoms with van der Waals surface area (Å²) in [6.45, 7) is 4.80. The molecule has 0 spiro atoms. The molecule has 7 heteroatoms. The number of pyridine rings is 1. The van der Waals surface area contributed by atoms with E-state index in [1.54, 1.807) is 18.2 Å². The van der Waals surface area contributed by atoms with Gasteiger partial charge in [-0.3, -0.25) is 29.2 Å². The maximum absolute atomic E-state index is 12.9. The molecule has 1 atom stereocenters. The van der Waals surface area contributed by atoms with Crippen LogP contribution < -0.4 is 0 Å². The first-order valence-electron chi connectivity index (χ1n) is 7.89. The lowest BCUT2D eigenvalue weighted by atomic mass is 9.81. The number of rotatable bonds is 5. The molecule has 7 nitrogen and oxygen atoms in total. The third kappa shape index (κ3) is 3.50. The summed E-state index contributed by atoms with van der Waals surface area (Å²) in [6.07, 6.45) is 4.85. The molecular weight excluding hydrogens is 322 g/mol. The van der Waals surface area contributed by atoms with Crippen molar-refractivity contribution in [2.45, 2.75) is 27.2 Å². The van der Waals surface area contributed by atoms with Crippen LogP contribution in [0.5, 0.6) is 0 Å². The highest BCUT2D eigenvalue weighted by molar-refractivity contribution is 6.20. The molecule has 0 aliphatic carbocycles. The zero-order valence-corrected chi connectivity index (χ0v) is 14.8. The van der Waals surface area contributed by atoms with Crippen molar-refractivity contribution >= 4 is 23.6 Å². The Hall–Kier alpha value is -2.83. The summed E-state index contributed by atoms with van der Waals surface area (Å²) in [7, 11) is 1.32. The molecule has 1 aromatic rings. The molecule has 0 bridgehead atoms. The Morgan fingerprint density at radius 3 is 2.48 bits per heavy atom. The van der Waals surface area contributed by atoms with Crippen molar-refractivity contribution in [1.82, 2.24) is 14.8 Å². The second-order valence-corrected chi connectivity index (χ2v) is 6.52. The van der Waals surface area contributed by atoms with E-state index in [0.717, 1.165) is 15.4 Å². The number of hydrogen-bond donors (Lipinski definition) is 0. The highest BCUT2D eigenvalue weighted by Gasteiger charge is 2.52. The molecule has 132 valence electrons. The van der Waals surface area contributed by atoms with Gasteiger partial charge in [0, 0.05) is 25.0 Å². The highest BCUT2D eigenvalue weighted by Crippen LogP contribution is 2.33. The Morgan fingerprint density at radius 1 is 1.24 bits per heavy atom. The molecule has 1 saturated heterocycles. The predicted molar refractivity (Wildman–Crippen MR) is 90.6 cm³/mol. The fourth-order valence-corrected chi connectivity index (χ4v) is 2.60. The number of ketones is 1. The molecule has 4 amide bonds. The van der Waals surface area contributed by atoms with Gasteiger partial charge in [-0.25, -0.2) is 4.79 Å². The number of allylic oxidation sites excluding steroid dienone is 2. The first-order chi connectivity index (χ1) is 11.7. The molecule has 0 radical (unpaired) electrons. The molecule has 0 aromatic carbocycles. The van der Waals surface area contributed by atoms with Crippen molar-refractivity contribution in [1.29, 1.82) is 0 Å². The first kappa shape index (κ1) is 18.5. The van der Waals surface area contributed by atoms with Gasteiger partial charge in [0.1, 0.15) is 5.41 Å². The van der Waals surface area contributed by atoms with Crippen LogP contribution in [-0.2, 0) is 9.59 Å². The number of Topliss-reactive ketones (excluding diaryl/α,β-unsaturated/α-hetero) is 1. The summed E-state index contributed by atoms with van der Waals surface area (Å²) in [5, 5.41) is 0. The van der Waals surface area contributed by atoms with Crippen LogP contribution >= 0.6 is 0 Å². The summed E-state index contributed by atoms with van der Waals surface area (Å²) in [5.41, 5.74) is -0.150. The molecular formula is C18H21N3O4. The van der Waals surface area contributed by atoms with Crippen molar-refractivity contribution in [3.63, 3.8) is 0 Å². The molecule has 1 aliphatic rings. The standard InChI is InChI=1S/C18H21N3O4/c1-12(2)7-8-18(3)15(23)20(4)17(25)21(16(18)24)11-14(22)13-6-5-9-19-10-13/h5-7,9-10H,8,11H2,1-4H3. The molecule has 0 N–H and O–H groups in total. The Kier molecular flexibility index (Phi) is 5.15. The molecule has 1 unspecified atom stereocenters. The maximum atomic E-state index is 12.9. The number of hydrogen-bond acceptors (Lipinski definition) is 5. The molecule has 1 aliphatic heterocycles. The number of imide groups is 2. The van der Waals surface area contributed by atoms with Gasteiger partial charge in [0.2, 0.25) is 11.8 Å². The number of aromatic nitrogens is 1. The number of nitrogens with zero attached hydrogens (tertiary/aromatic N) is 3. The Balaban J connectivity index is 2.32. The number of urea groups is 1. The second kappa shape index (κ2) is 6.96. The molecule has 1 aromatic heterocycles. The van der Waals surface area contributed by atoms with Gasteiger partial charge < -0.3 is 0 Å². The molecule has 0 saturated carbocycles. The predicted octanol–water partition coefficient (Wildman–Crippen LogP) is 2.05. The fraction of sp³-hybridized carbons (Fsp3) is 0.389. The summed E-state index contributed by atoms with van der Waals surface area (Å²) in [4.78, 5) is 55.7. The summed E-state index contributed by atoms with van der Waals surface area (Å²) in [6, 6.07) is 2.37. The van der Waals surface area contributed by atoms with E-state index in [4.69, 9.17) is 0 Å². The van der Waals surface area contributed by atoms with Crippen LogP contribution in [0.3, 0.4) is 0 Å². The second-order valence-electron chi connectivity index (χ2n) is 6.52. The monoisotopic (exact) mass is 343 g/mol. The van der Waals surface area contributed by atoms with E-state index in [-0.39, 0.29) is 6.42 Å². The topological polar surface area (TPSA) is 87.7 Å². The van der Waals surface area contributed by atoms with Gasteiger partial charge in [-0.05, 0) is 39.3 Å². The van der Waals surface area contributed by atoms with Gasteiger partial charge in [-0.1, -0.05) is 11.6 Å². The maximum Gasteiger partial charge on any atom is 0.333 e. The zero-order chi connectivity index (χ0) is 18.8. The van der Waals surface area contributed by atoms with Crippen LogP contribution in [0.1, 0.15) is 37.6 Å². The van der Waals surface area contributed by atoms with E-state index in [0.29, 0.717) is 5.56 Å². The normalized spacial score (nSPS) is 20.7. The summed E-state index contributed by atoms with van der Waals surface area (Å²) < 4.78 is 0. The third-order valence-corrected chi connectivity index (χ3v) is 4.22. The van der Waals surface area contributed by atoms with Crippen molar-refractivity contribution in [3.8, 4) is 0 Å². The average molecular weight is 343 g/mol. The zero-order valence-electron chi connectivity index (χ0n) is 14.8. The van der Waals surface area contributed by atoms with Gasteiger partial charge in [0.15, 0.2) is 5.78 Å². The summed E-state index contributed by atoms with van der Waals surface area (Å²) >= 11 is 0. The van der Waals surface area contributed by atoms with E-state index < -0.39 is 35.6 Å². The first-order valence-corrected chi connectivity index (χ1v) is 7.89. The van der Waals surface area contributed by atoms with E-state index in [1.807, 2.05) is 13.8 Å². The van der Waals surface area contributed by atoms with E-state index in [9.17, 15) is 19.2 Å². The lowest BCUT2D eigenvalue weighted by Gasteiger charge is -2.40. The highest BCUT2D eigenvalue weighted by atomic mass is 16.2.